The number of rotatable bonds is 5. The van der Waals surface area contributed by atoms with Gasteiger partial charge in [0.25, 0.3) is 5.69 Å². The van der Waals surface area contributed by atoms with Crippen LogP contribution in [-0.4, -0.2) is 21.4 Å². The quantitative estimate of drug-likeness (QED) is 0.668. The molecule has 0 unspecified atom stereocenters. The van der Waals surface area contributed by atoms with E-state index in [2.05, 4.69) is 15.3 Å². The number of hydrogen-bond donors (Lipinski definition) is 1. The highest BCUT2D eigenvalue weighted by molar-refractivity contribution is 5.71. The van der Waals surface area contributed by atoms with Crippen LogP contribution < -0.4 is 5.32 Å². The van der Waals surface area contributed by atoms with Crippen molar-refractivity contribution in [1.29, 1.82) is 5.26 Å². The van der Waals surface area contributed by atoms with Gasteiger partial charge in [-0.3, -0.25) is 15.1 Å². The van der Waals surface area contributed by atoms with E-state index in [9.17, 15) is 10.1 Å². The lowest BCUT2D eigenvalue weighted by atomic mass is 10.1. The molecular formula is C14H13N5O2. The molecule has 0 amide bonds. The minimum absolute atomic E-state index is 0.117. The van der Waals surface area contributed by atoms with Gasteiger partial charge >= 0.3 is 0 Å². The number of nitro groups is 1. The number of aromatic nitrogens is 2. The van der Waals surface area contributed by atoms with Gasteiger partial charge in [0.1, 0.15) is 11.9 Å². The molecule has 0 atom stereocenters. The number of pyridine rings is 2. The zero-order chi connectivity index (χ0) is 15.2. The van der Waals surface area contributed by atoms with Crippen molar-refractivity contribution in [3.05, 3.63) is 46.3 Å². The van der Waals surface area contributed by atoms with Crippen LogP contribution in [0.1, 0.15) is 18.9 Å². The molecule has 0 bridgehead atoms. The molecule has 2 rings (SSSR count). The van der Waals surface area contributed by atoms with Crippen molar-refractivity contribution < 1.29 is 4.92 Å². The van der Waals surface area contributed by atoms with E-state index in [1.165, 1.54) is 24.5 Å². The number of hydrogen-bond acceptors (Lipinski definition) is 6. The third-order valence-electron chi connectivity index (χ3n) is 2.77. The van der Waals surface area contributed by atoms with Gasteiger partial charge in [-0.1, -0.05) is 6.92 Å². The van der Waals surface area contributed by atoms with Crippen molar-refractivity contribution in [3.8, 4) is 17.3 Å². The summed E-state index contributed by atoms with van der Waals surface area (Å²) in [5, 5.41) is 23.1. The van der Waals surface area contributed by atoms with Crippen molar-refractivity contribution in [3.63, 3.8) is 0 Å². The van der Waals surface area contributed by atoms with Gasteiger partial charge in [0.2, 0.25) is 0 Å². The molecule has 7 nitrogen and oxygen atoms in total. The molecule has 2 aromatic heterocycles. The van der Waals surface area contributed by atoms with Crippen LogP contribution in [0.25, 0.3) is 11.3 Å². The maximum atomic E-state index is 11.1. The van der Waals surface area contributed by atoms with Crippen LogP contribution >= 0.6 is 0 Å². The van der Waals surface area contributed by atoms with Gasteiger partial charge in [0, 0.05) is 30.6 Å². The summed E-state index contributed by atoms with van der Waals surface area (Å²) < 4.78 is 0. The summed E-state index contributed by atoms with van der Waals surface area (Å²) in [4.78, 5) is 18.8. The van der Waals surface area contributed by atoms with E-state index in [1.54, 1.807) is 6.07 Å². The molecule has 0 spiro atoms. The molecule has 0 fully saturated rings. The van der Waals surface area contributed by atoms with Gasteiger partial charge in [-0.15, -0.1) is 0 Å². The maximum absolute atomic E-state index is 11.1. The van der Waals surface area contributed by atoms with Crippen molar-refractivity contribution in [2.45, 2.75) is 13.3 Å². The number of nitrogens with one attached hydrogen (secondary N) is 1. The third kappa shape index (κ3) is 3.30. The Morgan fingerprint density at radius 2 is 2.24 bits per heavy atom. The van der Waals surface area contributed by atoms with Gasteiger partial charge in [-0.2, -0.15) is 5.26 Å². The monoisotopic (exact) mass is 283 g/mol. The van der Waals surface area contributed by atoms with E-state index in [-0.39, 0.29) is 11.4 Å². The molecule has 0 saturated carbocycles. The van der Waals surface area contributed by atoms with Crippen LogP contribution in [0.4, 0.5) is 11.5 Å². The highest BCUT2D eigenvalue weighted by atomic mass is 16.6. The molecular weight excluding hydrogens is 270 g/mol. The summed E-state index contributed by atoms with van der Waals surface area (Å²) >= 11 is 0. The van der Waals surface area contributed by atoms with Crippen molar-refractivity contribution in [2.75, 3.05) is 11.9 Å². The molecule has 0 aliphatic heterocycles. The largest absolute Gasteiger partial charge is 0.370 e. The summed E-state index contributed by atoms with van der Waals surface area (Å²) in [7, 11) is 0. The minimum atomic E-state index is -0.495. The summed E-state index contributed by atoms with van der Waals surface area (Å²) in [6.45, 7) is 2.74. The van der Waals surface area contributed by atoms with Crippen LogP contribution in [0, 0.1) is 21.4 Å². The lowest BCUT2D eigenvalue weighted by Crippen LogP contribution is -2.04. The van der Waals surface area contributed by atoms with Gasteiger partial charge in [0.05, 0.1) is 10.5 Å². The molecule has 7 heteroatoms. The molecule has 0 aromatic carbocycles. The van der Waals surface area contributed by atoms with Crippen LogP contribution in [0.15, 0.2) is 30.6 Å². The Morgan fingerprint density at radius 1 is 1.43 bits per heavy atom. The SMILES string of the molecule is CCCNc1ccc([N+](=O)[O-])c(-c2cncc(C#N)c2)n1. The Balaban J connectivity index is 2.52. The molecule has 0 saturated heterocycles. The zero-order valence-corrected chi connectivity index (χ0v) is 11.4. The van der Waals surface area contributed by atoms with Gasteiger partial charge in [-0.25, -0.2) is 4.98 Å². The Bertz CT molecular complexity index is 709. The first kappa shape index (κ1) is 14.4. The molecule has 21 heavy (non-hydrogen) atoms. The fourth-order valence-corrected chi connectivity index (χ4v) is 1.79. The topological polar surface area (TPSA) is 105 Å². The van der Waals surface area contributed by atoms with E-state index in [0.717, 1.165) is 13.0 Å². The van der Waals surface area contributed by atoms with Crippen LogP contribution in [0.2, 0.25) is 0 Å². The van der Waals surface area contributed by atoms with E-state index in [1.807, 2.05) is 13.0 Å². The van der Waals surface area contributed by atoms with Gasteiger partial charge in [-0.05, 0) is 18.6 Å². The Hall–Kier alpha value is -3.01. The molecule has 106 valence electrons. The Morgan fingerprint density at radius 3 is 2.90 bits per heavy atom. The smallest absolute Gasteiger partial charge is 0.295 e. The predicted octanol–water partition coefficient (Wildman–Crippen LogP) is 2.75. The number of anilines is 1. The first-order chi connectivity index (χ1) is 10.2. The fourth-order valence-electron chi connectivity index (χ4n) is 1.79. The second-order valence-corrected chi connectivity index (χ2v) is 4.32. The predicted molar refractivity (Wildman–Crippen MR) is 77.6 cm³/mol. The highest BCUT2D eigenvalue weighted by Crippen LogP contribution is 2.29. The van der Waals surface area contributed by atoms with Crippen molar-refractivity contribution >= 4 is 11.5 Å². The average Bonchev–Trinajstić information content (AvgIpc) is 2.52. The second-order valence-electron chi connectivity index (χ2n) is 4.32. The highest BCUT2D eigenvalue weighted by Gasteiger charge is 2.18. The average molecular weight is 283 g/mol. The molecule has 0 aliphatic carbocycles. The fraction of sp³-hybridized carbons (Fsp3) is 0.214. The van der Waals surface area contributed by atoms with E-state index < -0.39 is 4.92 Å². The lowest BCUT2D eigenvalue weighted by molar-refractivity contribution is -0.384. The summed E-state index contributed by atoms with van der Waals surface area (Å²) in [5.41, 5.74) is 0.857. The second kappa shape index (κ2) is 6.43. The minimum Gasteiger partial charge on any atom is -0.370 e. The number of nitrogens with zero attached hydrogens (tertiary/aromatic N) is 4. The summed E-state index contributed by atoms with van der Waals surface area (Å²) in [5.74, 6) is 0.555. The maximum Gasteiger partial charge on any atom is 0.295 e. The Labute approximate surface area is 121 Å². The standard InChI is InChI=1S/C14H13N5O2/c1-2-5-17-13-4-3-12(19(20)21)14(18-13)11-6-10(7-15)8-16-9-11/h3-4,6,8-9H,2,5H2,1H3,(H,17,18). The van der Waals surface area contributed by atoms with Crippen LogP contribution in [-0.2, 0) is 0 Å². The summed E-state index contributed by atoms with van der Waals surface area (Å²) in [6, 6.07) is 6.46. The van der Waals surface area contributed by atoms with Gasteiger partial charge in [0.15, 0.2) is 5.69 Å². The number of nitriles is 1. The van der Waals surface area contributed by atoms with Crippen LogP contribution in [0.5, 0.6) is 0 Å². The normalized spacial score (nSPS) is 9.90. The lowest BCUT2D eigenvalue weighted by Gasteiger charge is -2.07. The van der Waals surface area contributed by atoms with Crippen molar-refractivity contribution in [2.24, 2.45) is 0 Å². The Kier molecular flexibility index (Phi) is 4.41. The zero-order valence-electron chi connectivity index (χ0n) is 11.4. The molecule has 0 aliphatic rings. The molecule has 0 radical (unpaired) electrons. The summed E-state index contributed by atoms with van der Waals surface area (Å²) in [6.07, 6.45) is 3.77. The van der Waals surface area contributed by atoms with Crippen molar-refractivity contribution in [1.82, 2.24) is 9.97 Å². The van der Waals surface area contributed by atoms with E-state index in [0.29, 0.717) is 16.9 Å². The molecule has 2 heterocycles. The van der Waals surface area contributed by atoms with Crippen LogP contribution in [0.3, 0.4) is 0 Å². The van der Waals surface area contributed by atoms with E-state index >= 15 is 0 Å². The first-order valence-corrected chi connectivity index (χ1v) is 6.40. The molecule has 1 N–H and O–H groups in total. The van der Waals surface area contributed by atoms with Gasteiger partial charge < -0.3 is 5.32 Å². The molecule has 2 aromatic rings. The van der Waals surface area contributed by atoms with E-state index in [4.69, 9.17) is 5.26 Å². The first-order valence-electron chi connectivity index (χ1n) is 6.40. The third-order valence-corrected chi connectivity index (χ3v) is 2.77.